The first-order chi connectivity index (χ1) is 19.1. The van der Waals surface area contributed by atoms with Gasteiger partial charge in [0.1, 0.15) is 30.5 Å². The van der Waals surface area contributed by atoms with Crippen LogP contribution in [0.1, 0.15) is 16.7 Å². The topological polar surface area (TPSA) is 56.3 Å². The maximum atomic E-state index is 6.13. The molecule has 5 nitrogen and oxygen atoms in total. The molecule has 0 amide bonds. The van der Waals surface area contributed by atoms with Gasteiger partial charge in [0.25, 0.3) is 0 Å². The third-order valence-corrected chi connectivity index (χ3v) is 6.56. The first-order valence-corrected chi connectivity index (χ1v) is 13.3. The lowest BCUT2D eigenvalue weighted by atomic mass is 10.2. The average molecular weight is 579 g/mol. The molecule has 198 valence electrons. The van der Waals surface area contributed by atoms with E-state index in [0.717, 1.165) is 34.3 Å². The molecule has 5 aromatic rings. The molecular formula is C31H26Cl3N3O2. The van der Waals surface area contributed by atoms with Crippen LogP contribution in [0.5, 0.6) is 11.5 Å². The highest BCUT2D eigenvalue weighted by atomic mass is 35.5. The molecule has 8 heteroatoms. The number of aromatic nitrogens is 2. The lowest BCUT2D eigenvalue weighted by molar-refractivity contribution is 0.305. The molecule has 0 radical (unpaired) electrons. The van der Waals surface area contributed by atoms with E-state index in [0.29, 0.717) is 29.0 Å². The number of anilines is 1. The maximum Gasteiger partial charge on any atom is 0.138 e. The fourth-order valence-electron chi connectivity index (χ4n) is 3.39. The van der Waals surface area contributed by atoms with E-state index in [1.165, 1.54) is 5.56 Å². The van der Waals surface area contributed by atoms with Crippen molar-refractivity contribution in [1.29, 1.82) is 0 Å². The molecule has 2 heterocycles. The van der Waals surface area contributed by atoms with Crippen LogP contribution in [-0.2, 0) is 19.8 Å². The van der Waals surface area contributed by atoms with E-state index < -0.39 is 0 Å². The summed E-state index contributed by atoms with van der Waals surface area (Å²) in [6, 6.07) is 30.6. The number of hydrogen-bond donors (Lipinski definition) is 1. The van der Waals surface area contributed by atoms with Crippen molar-refractivity contribution in [3.63, 3.8) is 0 Å². The van der Waals surface area contributed by atoms with Crippen molar-refractivity contribution in [3.8, 4) is 11.5 Å². The lowest BCUT2D eigenvalue weighted by Crippen LogP contribution is -2.02. The predicted octanol–water partition coefficient (Wildman–Crippen LogP) is 8.89. The smallest absolute Gasteiger partial charge is 0.138 e. The molecule has 2 aromatic heterocycles. The van der Waals surface area contributed by atoms with Gasteiger partial charge in [-0.05, 0) is 48.0 Å². The van der Waals surface area contributed by atoms with Crippen molar-refractivity contribution < 1.29 is 9.47 Å². The Morgan fingerprint density at radius 3 is 2.00 bits per heavy atom. The molecule has 1 N–H and O–H groups in total. The second-order valence-electron chi connectivity index (χ2n) is 8.28. The summed E-state index contributed by atoms with van der Waals surface area (Å²) >= 11 is 18.3. The first-order valence-electron chi connectivity index (χ1n) is 12.1. The Morgan fingerprint density at radius 2 is 1.31 bits per heavy atom. The Hall–Kier alpha value is -3.77. The van der Waals surface area contributed by atoms with E-state index in [1.807, 2.05) is 72.8 Å². The van der Waals surface area contributed by atoms with Crippen molar-refractivity contribution in [2.45, 2.75) is 19.8 Å². The van der Waals surface area contributed by atoms with Gasteiger partial charge in [-0.1, -0.05) is 89.4 Å². The molecule has 0 unspecified atom stereocenters. The first kappa shape index (κ1) is 28.2. The minimum atomic E-state index is 0.303. The minimum Gasteiger partial charge on any atom is -0.487 e. The second-order valence-corrected chi connectivity index (χ2v) is 9.50. The van der Waals surface area contributed by atoms with Gasteiger partial charge in [0.2, 0.25) is 0 Å². The molecule has 0 aliphatic heterocycles. The zero-order valence-corrected chi connectivity index (χ0v) is 23.2. The highest BCUT2D eigenvalue weighted by molar-refractivity contribution is 6.36. The van der Waals surface area contributed by atoms with Gasteiger partial charge in [-0.25, -0.2) is 4.98 Å². The summed E-state index contributed by atoms with van der Waals surface area (Å²) in [4.78, 5) is 8.31. The highest BCUT2D eigenvalue weighted by Crippen LogP contribution is 2.26. The number of hydrogen-bond acceptors (Lipinski definition) is 5. The van der Waals surface area contributed by atoms with Crippen LogP contribution in [0.3, 0.4) is 0 Å². The second kappa shape index (κ2) is 15.0. The normalized spacial score (nSPS) is 10.2. The monoisotopic (exact) mass is 577 g/mol. The molecule has 0 aliphatic rings. The number of nitrogens with zero attached hydrogens (tertiary/aromatic N) is 2. The number of rotatable bonds is 9. The summed E-state index contributed by atoms with van der Waals surface area (Å²) in [6.07, 6.45) is 5.07. The van der Waals surface area contributed by atoms with E-state index in [4.69, 9.17) is 44.3 Å². The number of ether oxygens (including phenoxy) is 2. The van der Waals surface area contributed by atoms with Crippen LogP contribution in [0, 0.1) is 0 Å². The van der Waals surface area contributed by atoms with Crippen LogP contribution in [0.2, 0.25) is 15.1 Å². The van der Waals surface area contributed by atoms with Crippen molar-refractivity contribution in [3.05, 3.63) is 147 Å². The summed E-state index contributed by atoms with van der Waals surface area (Å²) < 4.78 is 11.2. The summed E-state index contributed by atoms with van der Waals surface area (Å²) in [5, 5.41) is 5.18. The van der Waals surface area contributed by atoms with Crippen LogP contribution < -0.4 is 14.8 Å². The molecule has 0 fully saturated rings. The van der Waals surface area contributed by atoms with Gasteiger partial charge >= 0.3 is 0 Å². The molecule has 0 saturated carbocycles. The van der Waals surface area contributed by atoms with Crippen LogP contribution in [0.15, 0.2) is 116 Å². The molecule has 0 saturated heterocycles. The van der Waals surface area contributed by atoms with Crippen LogP contribution in [0.4, 0.5) is 5.82 Å². The van der Waals surface area contributed by atoms with Gasteiger partial charge in [-0.2, -0.15) is 0 Å². The molecule has 3 aromatic carbocycles. The Kier molecular flexibility index (Phi) is 10.8. The third-order valence-electron chi connectivity index (χ3n) is 5.48. The molecule has 0 atom stereocenters. The Balaban J connectivity index is 0.000000202. The van der Waals surface area contributed by atoms with Gasteiger partial charge in [-0.15, -0.1) is 0 Å². The zero-order valence-electron chi connectivity index (χ0n) is 20.9. The van der Waals surface area contributed by atoms with E-state index >= 15 is 0 Å². The highest BCUT2D eigenvalue weighted by Gasteiger charge is 2.06. The Morgan fingerprint density at radius 1 is 0.615 bits per heavy atom. The van der Waals surface area contributed by atoms with Gasteiger partial charge in [-0.3, -0.25) is 4.98 Å². The lowest BCUT2D eigenvalue weighted by Gasteiger charge is -2.10. The summed E-state index contributed by atoms with van der Waals surface area (Å²) in [7, 11) is 0. The third kappa shape index (κ3) is 9.18. The summed E-state index contributed by atoms with van der Waals surface area (Å²) in [6.45, 7) is 1.49. The molecular weight excluding hydrogens is 553 g/mol. The van der Waals surface area contributed by atoms with Gasteiger partial charge in [0.05, 0.1) is 12.4 Å². The van der Waals surface area contributed by atoms with Crippen molar-refractivity contribution in [1.82, 2.24) is 9.97 Å². The predicted molar refractivity (Wildman–Crippen MR) is 159 cm³/mol. The van der Waals surface area contributed by atoms with E-state index in [1.54, 1.807) is 30.7 Å². The van der Waals surface area contributed by atoms with E-state index in [9.17, 15) is 0 Å². The van der Waals surface area contributed by atoms with Crippen molar-refractivity contribution in [2.75, 3.05) is 5.32 Å². The van der Waals surface area contributed by atoms with Crippen molar-refractivity contribution in [2.24, 2.45) is 0 Å². The van der Waals surface area contributed by atoms with E-state index in [2.05, 4.69) is 27.4 Å². The van der Waals surface area contributed by atoms with Gasteiger partial charge in [0, 0.05) is 38.9 Å². The molecule has 0 bridgehead atoms. The summed E-state index contributed by atoms with van der Waals surface area (Å²) in [5.74, 6) is 2.20. The Labute approximate surface area is 243 Å². The van der Waals surface area contributed by atoms with Crippen LogP contribution in [-0.4, -0.2) is 9.97 Å². The number of benzene rings is 3. The fraction of sp³-hybridized carbons (Fsp3) is 0.0968. The largest absolute Gasteiger partial charge is 0.487 e. The number of halogens is 3. The number of pyridine rings is 2. The SMILES string of the molecule is Clc1cccc(Cl)c1COc1ccc(NCc2ccccc2)nc1.Clc1ccccc1COc1cccnc1. The molecule has 0 aliphatic carbocycles. The quantitative estimate of drug-likeness (QED) is 0.189. The van der Waals surface area contributed by atoms with Crippen LogP contribution >= 0.6 is 34.8 Å². The number of nitrogens with one attached hydrogen (secondary N) is 1. The fourth-order valence-corrected chi connectivity index (χ4v) is 4.09. The molecule has 0 spiro atoms. The zero-order chi connectivity index (χ0) is 27.3. The Bertz CT molecular complexity index is 1420. The maximum absolute atomic E-state index is 6.13. The summed E-state index contributed by atoms with van der Waals surface area (Å²) in [5.41, 5.74) is 2.95. The van der Waals surface area contributed by atoms with Crippen molar-refractivity contribution >= 4 is 40.6 Å². The minimum absolute atomic E-state index is 0.303. The molecule has 5 rings (SSSR count). The average Bonchev–Trinajstić information content (AvgIpc) is 2.97. The van der Waals surface area contributed by atoms with Gasteiger partial charge in [0.15, 0.2) is 0 Å². The van der Waals surface area contributed by atoms with Crippen LogP contribution in [0.25, 0.3) is 0 Å². The van der Waals surface area contributed by atoms with Gasteiger partial charge < -0.3 is 14.8 Å². The van der Waals surface area contributed by atoms with E-state index in [-0.39, 0.29) is 0 Å². The standard InChI is InChI=1S/C19H16Cl2N2O.C12H10ClNO/c20-17-7-4-8-18(21)16(17)13-24-15-9-10-19(23-12-15)22-11-14-5-2-1-3-6-14;13-12-6-2-1-4-10(12)9-15-11-5-3-7-14-8-11/h1-10,12H,11,13H2,(H,22,23);1-8H,9H2. The molecule has 39 heavy (non-hydrogen) atoms.